The molecule has 0 aromatic heterocycles. The fourth-order valence-corrected chi connectivity index (χ4v) is 2.81. The highest BCUT2D eigenvalue weighted by Crippen LogP contribution is 2.26. The van der Waals surface area contributed by atoms with Crippen molar-refractivity contribution in [2.45, 2.75) is 12.6 Å². The van der Waals surface area contributed by atoms with Crippen molar-refractivity contribution in [3.8, 4) is 0 Å². The maximum Gasteiger partial charge on any atom is 0.319 e. The maximum absolute atomic E-state index is 11.6. The van der Waals surface area contributed by atoms with E-state index in [1.54, 1.807) is 0 Å². The van der Waals surface area contributed by atoms with Crippen LogP contribution >= 0.6 is 11.6 Å². The molecule has 1 aliphatic rings. The van der Waals surface area contributed by atoms with E-state index in [2.05, 4.69) is 5.32 Å². The number of aliphatic hydroxyl groups excluding tert-OH is 1. The second kappa shape index (κ2) is 5.31. The molecule has 0 radical (unpaired) electrons. The summed E-state index contributed by atoms with van der Waals surface area (Å²) in [7, 11) is 0. The summed E-state index contributed by atoms with van der Waals surface area (Å²) in [6.07, 6.45) is -0.0524. The number of amides is 2. The summed E-state index contributed by atoms with van der Waals surface area (Å²) < 4.78 is 0. The van der Waals surface area contributed by atoms with E-state index in [4.69, 9.17) is 11.6 Å². The molecule has 2 amide bonds. The first-order valence-electron chi connectivity index (χ1n) is 6.55. The second-order valence-corrected chi connectivity index (χ2v) is 5.27. The lowest BCUT2D eigenvalue weighted by Gasteiger charge is -2.19. The van der Waals surface area contributed by atoms with Gasteiger partial charge in [0.1, 0.15) is 6.23 Å². The Kier molecular flexibility index (Phi) is 3.51. The highest BCUT2D eigenvalue weighted by molar-refractivity contribution is 6.35. The number of halogens is 1. The first-order valence-corrected chi connectivity index (χ1v) is 6.93. The van der Waals surface area contributed by atoms with E-state index in [1.807, 2.05) is 36.4 Å². The molecule has 2 N–H and O–H groups in total. The number of β-amino-alcohol motifs (C(OH)–C–C–N with tert-alkyl or cyclic N) is 1. The number of hydrogen-bond acceptors (Lipinski definition) is 2. The minimum absolute atomic E-state index is 0.212. The largest absolute Gasteiger partial charge is 0.372 e. The van der Waals surface area contributed by atoms with Crippen LogP contribution in [0.5, 0.6) is 0 Å². The molecule has 2 aromatic carbocycles. The highest BCUT2D eigenvalue weighted by Gasteiger charge is 2.28. The Morgan fingerprint density at radius 1 is 1.25 bits per heavy atom. The zero-order valence-electron chi connectivity index (χ0n) is 10.8. The lowest BCUT2D eigenvalue weighted by atomic mass is 10.0. The van der Waals surface area contributed by atoms with Gasteiger partial charge in [0.05, 0.1) is 6.54 Å². The molecule has 5 heteroatoms. The lowest BCUT2D eigenvalue weighted by Crippen LogP contribution is -2.35. The van der Waals surface area contributed by atoms with Crippen LogP contribution in [0.4, 0.5) is 4.79 Å². The number of nitrogens with zero attached hydrogens (tertiary/aromatic N) is 1. The van der Waals surface area contributed by atoms with Crippen LogP contribution in [0.3, 0.4) is 0 Å². The molecule has 0 spiro atoms. The van der Waals surface area contributed by atoms with Gasteiger partial charge in [-0.1, -0.05) is 41.9 Å². The Labute approximate surface area is 122 Å². The van der Waals surface area contributed by atoms with Crippen LogP contribution in [0.1, 0.15) is 5.56 Å². The number of hydrogen-bond donors (Lipinski definition) is 2. The molecule has 3 rings (SSSR count). The topological polar surface area (TPSA) is 52.6 Å². The Morgan fingerprint density at radius 3 is 2.75 bits per heavy atom. The standard InChI is InChI=1S/C15H15ClN2O2/c16-13-6-2-4-11-10(3-1-5-12(11)13)7-8-18-14(19)9-17-15(18)20/h1-6,14,19H,7-9H2,(H,17,20). The van der Waals surface area contributed by atoms with E-state index in [0.717, 1.165) is 21.4 Å². The van der Waals surface area contributed by atoms with E-state index < -0.39 is 6.23 Å². The quantitative estimate of drug-likeness (QED) is 0.912. The number of nitrogens with one attached hydrogen (secondary N) is 1. The van der Waals surface area contributed by atoms with E-state index >= 15 is 0 Å². The van der Waals surface area contributed by atoms with Crippen molar-refractivity contribution in [3.63, 3.8) is 0 Å². The SMILES string of the molecule is O=C1NCC(O)N1CCc1cccc2c(Cl)cccc12. The molecule has 20 heavy (non-hydrogen) atoms. The molecule has 1 unspecified atom stereocenters. The number of benzene rings is 2. The molecule has 2 aromatic rings. The number of aliphatic hydroxyl groups is 1. The summed E-state index contributed by atoms with van der Waals surface area (Å²) in [6.45, 7) is 0.777. The Hall–Kier alpha value is -1.78. The molecule has 1 aliphatic heterocycles. The number of rotatable bonds is 3. The first kappa shape index (κ1) is 13.2. The summed E-state index contributed by atoms with van der Waals surface area (Å²) in [6, 6.07) is 11.6. The van der Waals surface area contributed by atoms with E-state index in [1.165, 1.54) is 4.90 Å². The molecule has 0 saturated carbocycles. The van der Waals surface area contributed by atoms with Gasteiger partial charge in [-0.15, -0.1) is 0 Å². The van der Waals surface area contributed by atoms with E-state index in [0.29, 0.717) is 19.5 Å². The summed E-state index contributed by atoms with van der Waals surface area (Å²) in [5.41, 5.74) is 1.12. The fourth-order valence-electron chi connectivity index (χ4n) is 2.57. The van der Waals surface area contributed by atoms with Gasteiger partial charge in [-0.05, 0) is 23.4 Å². The van der Waals surface area contributed by atoms with Crippen LogP contribution in [-0.2, 0) is 6.42 Å². The van der Waals surface area contributed by atoms with Crippen molar-refractivity contribution < 1.29 is 9.90 Å². The molecule has 1 fully saturated rings. The Morgan fingerprint density at radius 2 is 2.00 bits per heavy atom. The Balaban J connectivity index is 1.85. The normalized spacial score (nSPS) is 18.6. The van der Waals surface area contributed by atoms with Crippen molar-refractivity contribution in [2.24, 2.45) is 0 Å². The van der Waals surface area contributed by atoms with Gasteiger partial charge in [0.15, 0.2) is 0 Å². The van der Waals surface area contributed by atoms with Gasteiger partial charge in [0.2, 0.25) is 0 Å². The monoisotopic (exact) mass is 290 g/mol. The van der Waals surface area contributed by atoms with Gasteiger partial charge in [0.25, 0.3) is 0 Å². The number of urea groups is 1. The molecule has 0 bridgehead atoms. The zero-order valence-corrected chi connectivity index (χ0v) is 11.6. The van der Waals surface area contributed by atoms with Crippen LogP contribution in [-0.4, -0.2) is 35.4 Å². The maximum atomic E-state index is 11.6. The predicted molar refractivity (Wildman–Crippen MR) is 78.8 cm³/mol. The third kappa shape index (κ3) is 2.32. The third-order valence-corrected chi connectivity index (χ3v) is 3.97. The van der Waals surface area contributed by atoms with Gasteiger partial charge in [-0.3, -0.25) is 4.90 Å². The number of fused-ring (bicyclic) bond motifs is 1. The van der Waals surface area contributed by atoms with Crippen molar-refractivity contribution in [1.29, 1.82) is 0 Å². The molecule has 4 nitrogen and oxygen atoms in total. The molecule has 0 aliphatic carbocycles. The van der Waals surface area contributed by atoms with Gasteiger partial charge in [-0.2, -0.15) is 0 Å². The molecule has 104 valence electrons. The average Bonchev–Trinajstić information content (AvgIpc) is 2.76. The van der Waals surface area contributed by atoms with Crippen molar-refractivity contribution in [1.82, 2.24) is 10.2 Å². The van der Waals surface area contributed by atoms with Gasteiger partial charge >= 0.3 is 6.03 Å². The predicted octanol–water partition coefficient (Wildman–Crippen LogP) is 2.38. The van der Waals surface area contributed by atoms with E-state index in [9.17, 15) is 9.90 Å². The molecule has 1 heterocycles. The number of carbonyl (C=O) groups is 1. The molecular formula is C15H15ClN2O2. The van der Waals surface area contributed by atoms with Gasteiger partial charge < -0.3 is 10.4 Å². The summed E-state index contributed by atoms with van der Waals surface area (Å²) in [5.74, 6) is 0. The first-order chi connectivity index (χ1) is 9.66. The van der Waals surface area contributed by atoms with Crippen molar-refractivity contribution >= 4 is 28.4 Å². The zero-order chi connectivity index (χ0) is 14.1. The molecule has 1 atom stereocenters. The minimum Gasteiger partial charge on any atom is -0.372 e. The van der Waals surface area contributed by atoms with Crippen molar-refractivity contribution in [3.05, 3.63) is 47.0 Å². The number of carbonyl (C=O) groups excluding carboxylic acids is 1. The van der Waals surface area contributed by atoms with Crippen LogP contribution in [0.15, 0.2) is 36.4 Å². The average molecular weight is 291 g/mol. The minimum atomic E-state index is -0.735. The summed E-state index contributed by atoms with van der Waals surface area (Å²) in [4.78, 5) is 13.0. The summed E-state index contributed by atoms with van der Waals surface area (Å²) >= 11 is 6.19. The van der Waals surface area contributed by atoms with Crippen molar-refractivity contribution in [2.75, 3.05) is 13.1 Å². The smallest absolute Gasteiger partial charge is 0.319 e. The van der Waals surface area contributed by atoms with Crippen LogP contribution in [0.2, 0.25) is 5.02 Å². The summed E-state index contributed by atoms with van der Waals surface area (Å²) in [5, 5.41) is 15.2. The lowest BCUT2D eigenvalue weighted by molar-refractivity contribution is 0.0656. The van der Waals surface area contributed by atoms with Gasteiger partial charge in [0, 0.05) is 17.0 Å². The highest BCUT2D eigenvalue weighted by atomic mass is 35.5. The van der Waals surface area contributed by atoms with Crippen LogP contribution in [0, 0.1) is 0 Å². The Bertz CT molecular complexity index is 659. The van der Waals surface area contributed by atoms with Gasteiger partial charge in [-0.25, -0.2) is 4.79 Å². The van der Waals surface area contributed by atoms with Crippen LogP contribution in [0.25, 0.3) is 10.8 Å². The molecule has 1 saturated heterocycles. The second-order valence-electron chi connectivity index (χ2n) is 4.86. The fraction of sp³-hybridized carbons (Fsp3) is 0.267. The van der Waals surface area contributed by atoms with Crippen LogP contribution < -0.4 is 5.32 Å². The third-order valence-electron chi connectivity index (χ3n) is 3.64. The van der Waals surface area contributed by atoms with E-state index in [-0.39, 0.29) is 6.03 Å². The molecular weight excluding hydrogens is 276 g/mol.